The van der Waals surface area contributed by atoms with Gasteiger partial charge in [-0.1, -0.05) is 40.5 Å². The van der Waals surface area contributed by atoms with Crippen LogP contribution < -0.4 is 5.32 Å². The Hall–Kier alpha value is -0.120. The largest absolute Gasteiger partial charge is 0.363 e. The van der Waals surface area contributed by atoms with Crippen LogP contribution in [0.4, 0.5) is 0 Å². The molecule has 0 aromatic carbocycles. The Bertz CT molecular complexity index is 137. The zero-order chi connectivity index (χ0) is 12.9. The molecule has 17 heavy (non-hydrogen) atoms. The molecule has 104 valence electrons. The van der Waals surface area contributed by atoms with Gasteiger partial charge in [-0.05, 0) is 25.7 Å². The van der Waals surface area contributed by atoms with Crippen molar-refractivity contribution in [3.05, 3.63) is 0 Å². The number of nitrogens with one attached hydrogen (secondary N) is 1. The van der Waals surface area contributed by atoms with Gasteiger partial charge in [0.05, 0.1) is 0 Å². The predicted octanol–water partition coefficient (Wildman–Crippen LogP) is 3.68. The van der Waals surface area contributed by atoms with Gasteiger partial charge in [-0.3, -0.25) is 5.32 Å². The fourth-order valence-electron chi connectivity index (χ4n) is 1.51. The summed E-state index contributed by atoms with van der Waals surface area (Å²) in [6.45, 7) is 10.3. The van der Waals surface area contributed by atoms with Gasteiger partial charge in [0.1, 0.15) is 12.5 Å². The van der Waals surface area contributed by atoms with Crippen molar-refractivity contribution in [1.29, 1.82) is 0 Å². The number of rotatable bonds is 12. The van der Waals surface area contributed by atoms with E-state index in [1.54, 1.807) is 0 Å². The molecule has 0 saturated carbocycles. The van der Waals surface area contributed by atoms with E-state index in [0.29, 0.717) is 0 Å². The highest BCUT2D eigenvalue weighted by molar-refractivity contribution is 4.58. The molecular formula is C14H31NO2. The molecule has 2 unspecified atom stereocenters. The molecule has 0 spiro atoms. The van der Waals surface area contributed by atoms with Gasteiger partial charge in [0.15, 0.2) is 0 Å². The van der Waals surface area contributed by atoms with E-state index in [9.17, 15) is 0 Å². The first kappa shape index (κ1) is 16.9. The lowest BCUT2D eigenvalue weighted by atomic mass is 10.3. The first-order chi connectivity index (χ1) is 8.28. The minimum absolute atomic E-state index is 0.133. The van der Waals surface area contributed by atoms with Crippen molar-refractivity contribution in [1.82, 2.24) is 5.32 Å². The average Bonchev–Trinajstić information content (AvgIpc) is 2.36. The molecule has 1 N–H and O–H groups in total. The van der Waals surface area contributed by atoms with Crippen molar-refractivity contribution < 1.29 is 9.47 Å². The molecule has 0 amide bonds. The molecule has 0 saturated heterocycles. The zero-order valence-electron chi connectivity index (χ0n) is 12.1. The van der Waals surface area contributed by atoms with Gasteiger partial charge in [-0.2, -0.15) is 0 Å². The number of ether oxygens (including phenoxy) is 2. The minimum atomic E-state index is 0.133. The molecule has 3 heteroatoms. The fourth-order valence-corrected chi connectivity index (χ4v) is 1.51. The van der Waals surface area contributed by atoms with E-state index in [0.717, 1.165) is 38.9 Å². The molecule has 0 bridgehead atoms. The molecule has 3 nitrogen and oxygen atoms in total. The van der Waals surface area contributed by atoms with E-state index < -0.39 is 0 Å². The molecule has 0 aromatic rings. The highest BCUT2D eigenvalue weighted by Crippen LogP contribution is 2.03. The van der Waals surface area contributed by atoms with Gasteiger partial charge in [0.25, 0.3) is 0 Å². The first-order valence-corrected chi connectivity index (χ1v) is 7.27. The van der Waals surface area contributed by atoms with Crippen molar-refractivity contribution in [3.8, 4) is 0 Å². The summed E-state index contributed by atoms with van der Waals surface area (Å²) in [7, 11) is 0. The maximum Gasteiger partial charge on any atom is 0.109 e. The molecular weight excluding hydrogens is 214 g/mol. The van der Waals surface area contributed by atoms with E-state index in [-0.39, 0.29) is 12.5 Å². The lowest BCUT2D eigenvalue weighted by Crippen LogP contribution is -2.41. The van der Waals surface area contributed by atoms with E-state index >= 15 is 0 Å². The van der Waals surface area contributed by atoms with E-state index in [2.05, 4.69) is 33.0 Å². The van der Waals surface area contributed by atoms with Crippen LogP contribution in [0.15, 0.2) is 0 Å². The van der Waals surface area contributed by atoms with Crippen molar-refractivity contribution in [2.45, 2.75) is 78.7 Å². The molecule has 0 fully saturated rings. The molecule has 0 radical (unpaired) electrons. The van der Waals surface area contributed by atoms with Crippen molar-refractivity contribution in [3.63, 3.8) is 0 Å². The third kappa shape index (κ3) is 9.57. The smallest absolute Gasteiger partial charge is 0.109 e. The summed E-state index contributed by atoms with van der Waals surface area (Å²) in [6, 6.07) is 0. The molecule has 0 rings (SSSR count). The molecule has 2 atom stereocenters. The maximum absolute atomic E-state index is 5.78. The minimum Gasteiger partial charge on any atom is -0.363 e. The van der Waals surface area contributed by atoms with Crippen molar-refractivity contribution in [2.24, 2.45) is 0 Å². The monoisotopic (exact) mass is 245 g/mol. The highest BCUT2D eigenvalue weighted by atomic mass is 16.5. The number of hydrogen-bond acceptors (Lipinski definition) is 3. The normalized spacial score (nSPS) is 14.8. The topological polar surface area (TPSA) is 30.5 Å². The van der Waals surface area contributed by atoms with E-state index in [4.69, 9.17) is 9.47 Å². The van der Waals surface area contributed by atoms with Gasteiger partial charge in [0.2, 0.25) is 0 Å². The second-order valence-electron chi connectivity index (χ2n) is 4.41. The summed E-state index contributed by atoms with van der Waals surface area (Å²) < 4.78 is 11.6. The molecule has 0 aliphatic carbocycles. The predicted molar refractivity (Wildman–Crippen MR) is 73.0 cm³/mol. The Morgan fingerprint density at radius 3 is 1.47 bits per heavy atom. The average molecular weight is 245 g/mol. The van der Waals surface area contributed by atoms with Crippen LogP contribution in [0.1, 0.15) is 66.2 Å². The SMILES string of the molecule is CCCCOC(CC)NC(CC)OCCCC. The van der Waals surface area contributed by atoms with Gasteiger partial charge in [-0.15, -0.1) is 0 Å². The third-order valence-electron chi connectivity index (χ3n) is 2.75. The summed E-state index contributed by atoms with van der Waals surface area (Å²) >= 11 is 0. The summed E-state index contributed by atoms with van der Waals surface area (Å²) in [5.41, 5.74) is 0. The second-order valence-corrected chi connectivity index (χ2v) is 4.41. The van der Waals surface area contributed by atoms with Crippen LogP contribution in [0.25, 0.3) is 0 Å². The molecule has 0 aliphatic rings. The van der Waals surface area contributed by atoms with Crippen LogP contribution in [0.5, 0.6) is 0 Å². The summed E-state index contributed by atoms with van der Waals surface area (Å²) in [6.07, 6.45) is 6.86. The fraction of sp³-hybridized carbons (Fsp3) is 1.00. The van der Waals surface area contributed by atoms with Crippen LogP contribution in [0.3, 0.4) is 0 Å². The maximum atomic E-state index is 5.78. The Morgan fingerprint density at radius 1 is 0.765 bits per heavy atom. The van der Waals surface area contributed by atoms with E-state index in [1.807, 2.05) is 0 Å². The Morgan fingerprint density at radius 2 is 1.18 bits per heavy atom. The molecule has 0 aliphatic heterocycles. The third-order valence-corrected chi connectivity index (χ3v) is 2.75. The quantitative estimate of drug-likeness (QED) is 0.420. The Kier molecular flexibility index (Phi) is 12.3. The van der Waals surface area contributed by atoms with Crippen molar-refractivity contribution >= 4 is 0 Å². The number of unbranched alkanes of at least 4 members (excludes halogenated alkanes) is 2. The van der Waals surface area contributed by atoms with Crippen LogP contribution in [0.2, 0.25) is 0 Å². The number of hydrogen-bond donors (Lipinski definition) is 1. The van der Waals surface area contributed by atoms with Gasteiger partial charge < -0.3 is 9.47 Å². The summed E-state index contributed by atoms with van der Waals surface area (Å²) in [5.74, 6) is 0. The Labute approximate surface area is 107 Å². The van der Waals surface area contributed by atoms with Gasteiger partial charge >= 0.3 is 0 Å². The standard InChI is InChI=1S/C14H31NO2/c1-5-9-11-16-13(7-3)15-14(8-4)17-12-10-6-2/h13-15H,5-12H2,1-4H3. The first-order valence-electron chi connectivity index (χ1n) is 7.27. The highest BCUT2D eigenvalue weighted by Gasteiger charge is 2.12. The second kappa shape index (κ2) is 12.3. The lowest BCUT2D eigenvalue weighted by Gasteiger charge is -2.24. The molecule has 0 aromatic heterocycles. The van der Waals surface area contributed by atoms with Gasteiger partial charge in [-0.25, -0.2) is 0 Å². The Balaban J connectivity index is 3.77. The molecule has 0 heterocycles. The van der Waals surface area contributed by atoms with Crippen LogP contribution in [-0.4, -0.2) is 25.7 Å². The van der Waals surface area contributed by atoms with E-state index in [1.165, 1.54) is 12.8 Å². The van der Waals surface area contributed by atoms with Crippen LogP contribution in [-0.2, 0) is 9.47 Å². The summed E-state index contributed by atoms with van der Waals surface area (Å²) in [4.78, 5) is 0. The van der Waals surface area contributed by atoms with Crippen LogP contribution in [0, 0.1) is 0 Å². The lowest BCUT2D eigenvalue weighted by molar-refractivity contribution is -0.0489. The van der Waals surface area contributed by atoms with Gasteiger partial charge in [0, 0.05) is 13.2 Å². The van der Waals surface area contributed by atoms with Crippen LogP contribution >= 0.6 is 0 Å². The van der Waals surface area contributed by atoms with Crippen molar-refractivity contribution in [2.75, 3.05) is 13.2 Å². The zero-order valence-corrected chi connectivity index (χ0v) is 12.1. The summed E-state index contributed by atoms with van der Waals surface area (Å²) in [5, 5.41) is 3.43.